The summed E-state index contributed by atoms with van der Waals surface area (Å²) in [7, 11) is 1.75. The van der Waals surface area contributed by atoms with Gasteiger partial charge >= 0.3 is 24.1 Å². The van der Waals surface area contributed by atoms with Crippen LogP contribution in [0.25, 0.3) is 0 Å². The van der Waals surface area contributed by atoms with Crippen molar-refractivity contribution >= 4 is 81.5 Å². The molecule has 5 amide bonds. The van der Waals surface area contributed by atoms with E-state index >= 15 is 0 Å². The molecule has 0 spiro atoms. The Bertz CT molecular complexity index is 2910. The van der Waals surface area contributed by atoms with Crippen molar-refractivity contribution in [1.82, 2.24) is 34.9 Å². The van der Waals surface area contributed by atoms with Gasteiger partial charge < -0.3 is 46.4 Å². The van der Waals surface area contributed by atoms with Crippen LogP contribution in [0.2, 0.25) is 0 Å². The summed E-state index contributed by atoms with van der Waals surface area (Å²) in [6.45, 7) is 13.1. The maximum atomic E-state index is 14.1. The first-order valence-electron chi connectivity index (χ1n) is 23.7. The Kier molecular flexibility index (Phi) is 16.2. The molecule has 0 unspecified atom stereocenters. The lowest BCUT2D eigenvalue weighted by Crippen LogP contribution is -2.71. The number of fused-ring (bicyclic) bond motifs is 1. The van der Waals surface area contributed by atoms with Gasteiger partial charge in [0.25, 0.3) is 11.8 Å². The molecule has 3 aromatic carbocycles. The third-order valence-electron chi connectivity index (χ3n) is 11.5. The average Bonchev–Trinajstić information content (AvgIpc) is 3.91. The van der Waals surface area contributed by atoms with Crippen molar-refractivity contribution in [3.8, 4) is 0 Å². The summed E-state index contributed by atoms with van der Waals surface area (Å²) in [5.41, 5.74) is 4.01. The lowest BCUT2D eigenvalue weighted by Gasteiger charge is -2.49. The molecule has 0 bridgehead atoms. The van der Waals surface area contributed by atoms with E-state index in [1.165, 1.54) is 25.6 Å². The summed E-state index contributed by atoms with van der Waals surface area (Å²) in [6, 6.07) is 27.6. The number of urea groups is 1. The molecule has 1 saturated heterocycles. The Morgan fingerprint density at radius 1 is 0.840 bits per heavy atom. The molecule has 2 aliphatic rings. The molecule has 0 saturated carbocycles. The number of carboxylic acids is 1. The molecule has 396 valence electrons. The zero-order chi connectivity index (χ0) is 54.5. The van der Waals surface area contributed by atoms with Crippen molar-refractivity contribution in [2.75, 3.05) is 35.2 Å². The summed E-state index contributed by atoms with van der Waals surface area (Å²) >= 11 is 2.01. The van der Waals surface area contributed by atoms with Crippen LogP contribution in [0.5, 0.6) is 0 Å². The first-order valence-corrected chi connectivity index (χ1v) is 25.6. The lowest BCUT2D eigenvalue weighted by molar-refractivity contribution is -0.765. The molecule has 2 atom stereocenters. The van der Waals surface area contributed by atoms with Crippen LogP contribution in [-0.2, 0) is 52.6 Å². The van der Waals surface area contributed by atoms with E-state index < -0.39 is 75.3 Å². The maximum absolute atomic E-state index is 14.1. The molecule has 5 aromatic rings. The number of anilines is 3. The van der Waals surface area contributed by atoms with Crippen LogP contribution in [-0.4, -0.2) is 113 Å². The van der Waals surface area contributed by atoms with Gasteiger partial charge in [-0.25, -0.2) is 19.2 Å². The molecule has 2 aromatic heterocycles. The van der Waals surface area contributed by atoms with E-state index in [2.05, 4.69) is 41.1 Å². The number of alkyl carbamates (subject to hydrolysis) is 1. The van der Waals surface area contributed by atoms with Crippen molar-refractivity contribution in [3.05, 3.63) is 131 Å². The zero-order valence-corrected chi connectivity index (χ0v) is 44.6. The number of amides is 5. The molecule has 75 heavy (non-hydrogen) atoms. The fraction of sp³-hybridized carbons (Fsp3) is 0.373. The number of β-lactam (4-membered cyclic amide) rings is 1. The minimum absolute atomic E-state index is 0.00663. The Morgan fingerprint density at radius 3 is 1.92 bits per heavy atom. The number of aromatic nitrogens is 4. The lowest BCUT2D eigenvalue weighted by atomic mass is 9.77. The number of esters is 1. The van der Waals surface area contributed by atoms with Gasteiger partial charge in [-0.05, 0) is 72.1 Å². The van der Waals surface area contributed by atoms with Gasteiger partial charge in [0.1, 0.15) is 33.9 Å². The molecular formula is C51H61N12O10S2+. The smallest absolute Gasteiger partial charge is 0.407 e. The van der Waals surface area contributed by atoms with Crippen molar-refractivity contribution in [2.45, 2.75) is 95.7 Å². The van der Waals surface area contributed by atoms with Gasteiger partial charge in [0.15, 0.2) is 23.2 Å². The Labute approximate surface area is 441 Å². The number of oxime groups is 1. The number of carbonyl (C=O) groups excluding carboxylic acids is 5. The van der Waals surface area contributed by atoms with Crippen molar-refractivity contribution < 1.29 is 52.9 Å². The van der Waals surface area contributed by atoms with Crippen LogP contribution < -0.4 is 37.0 Å². The number of benzene rings is 3. The third kappa shape index (κ3) is 12.7. The maximum Gasteiger partial charge on any atom is 0.407 e. The molecule has 0 radical (unpaired) electrons. The van der Waals surface area contributed by atoms with Gasteiger partial charge in [-0.3, -0.25) is 19.8 Å². The van der Waals surface area contributed by atoms with Crippen LogP contribution >= 0.6 is 23.3 Å². The number of nitrogen functional groups attached to an aromatic ring is 1. The number of nitrogens with one attached hydrogen (secondary N) is 5. The predicted molar refractivity (Wildman–Crippen MR) is 281 cm³/mol. The van der Waals surface area contributed by atoms with E-state index in [-0.39, 0.29) is 42.0 Å². The summed E-state index contributed by atoms with van der Waals surface area (Å²) in [5.74, 6) is -3.51. The van der Waals surface area contributed by atoms with E-state index in [9.17, 15) is 33.9 Å². The largest absolute Gasteiger partial charge is 0.477 e. The second kappa shape index (κ2) is 22.2. The molecule has 0 aliphatic carbocycles. The van der Waals surface area contributed by atoms with Crippen LogP contribution in [0.1, 0.15) is 77.9 Å². The minimum Gasteiger partial charge on any atom is -0.477 e. The first-order chi connectivity index (χ1) is 35.4. The van der Waals surface area contributed by atoms with Gasteiger partial charge in [0.05, 0.1) is 7.05 Å². The average molecular weight is 1070 g/mol. The van der Waals surface area contributed by atoms with Gasteiger partial charge in [0, 0.05) is 35.9 Å². The summed E-state index contributed by atoms with van der Waals surface area (Å²) in [5, 5.41) is 28.7. The second-order valence-electron chi connectivity index (χ2n) is 19.9. The van der Waals surface area contributed by atoms with Crippen molar-refractivity contribution in [1.29, 1.82) is 0 Å². The second-order valence-corrected chi connectivity index (χ2v) is 21.8. The topological polar surface area (TPSA) is 287 Å². The van der Waals surface area contributed by atoms with Gasteiger partial charge in [-0.2, -0.15) is 9.36 Å². The number of nitrogens with zero attached hydrogens (tertiary/aromatic N) is 6. The molecule has 22 nitrogen and oxygen atoms in total. The van der Waals surface area contributed by atoms with Crippen molar-refractivity contribution in [3.63, 3.8) is 0 Å². The number of hydrogen-bond donors (Lipinski definition) is 7. The van der Waals surface area contributed by atoms with E-state index in [0.29, 0.717) is 17.1 Å². The van der Waals surface area contributed by atoms with Crippen LogP contribution in [0.4, 0.5) is 26.2 Å². The molecule has 4 heterocycles. The Balaban J connectivity index is 1.20. The number of nitrogens with two attached hydrogens (primary N) is 1. The third-order valence-corrected chi connectivity index (χ3v) is 13.4. The molecule has 1 fully saturated rings. The van der Waals surface area contributed by atoms with Crippen LogP contribution in [0.3, 0.4) is 0 Å². The van der Waals surface area contributed by atoms with E-state index in [1.807, 2.05) is 91.0 Å². The first kappa shape index (κ1) is 54.8. The van der Waals surface area contributed by atoms with Crippen molar-refractivity contribution in [2.24, 2.45) is 12.2 Å². The molecular weight excluding hydrogens is 1000 g/mol. The summed E-state index contributed by atoms with van der Waals surface area (Å²) < 4.78 is 18.3. The highest BCUT2D eigenvalue weighted by molar-refractivity contribution is 8.00. The van der Waals surface area contributed by atoms with Gasteiger partial charge in [0.2, 0.25) is 23.3 Å². The fourth-order valence-electron chi connectivity index (χ4n) is 8.09. The van der Waals surface area contributed by atoms with E-state index in [0.717, 1.165) is 33.1 Å². The van der Waals surface area contributed by atoms with E-state index in [4.69, 9.17) is 20.0 Å². The van der Waals surface area contributed by atoms with Crippen LogP contribution in [0, 0.1) is 0 Å². The minimum atomic E-state index is -1.67. The fourth-order valence-corrected chi connectivity index (χ4v) is 9.86. The Morgan fingerprint density at radius 2 is 1.40 bits per heavy atom. The number of hydrogen-bond acceptors (Lipinski definition) is 16. The number of ether oxygens (including phenoxy) is 2. The number of aliphatic carboxylic acids is 1. The zero-order valence-electron chi connectivity index (χ0n) is 42.9. The molecule has 24 heteroatoms. The number of thioether (sulfide) groups is 1. The highest BCUT2D eigenvalue weighted by Crippen LogP contribution is 2.43. The van der Waals surface area contributed by atoms with Gasteiger partial charge in [-0.1, -0.05) is 96.2 Å². The number of carboxylic acid groups (broad SMARTS) is 1. The SMILES string of the molecule is Cn1c(NC(c2ccccc2)(c2ccccc2)c2ccccc2)c(NC(=O)NCCNC(=O)OC(C)(C)C)c[n+]1CC1=C(C(=O)O)N2C(=O)[C@@H](NC(=O)/C(=N\OC(C)(C)C(=O)OC(C)(C)C)c3nsc(N)n3)[C@H]2SC1. The molecule has 8 N–H and O–H groups in total. The predicted octanol–water partition coefficient (Wildman–Crippen LogP) is 5.08. The van der Waals surface area contributed by atoms with Gasteiger partial charge in [-0.15, -0.1) is 21.1 Å². The summed E-state index contributed by atoms with van der Waals surface area (Å²) in [4.78, 5) is 91.0. The van der Waals surface area contributed by atoms with E-state index in [1.54, 1.807) is 64.2 Å². The monoisotopic (exact) mass is 1070 g/mol. The van der Waals surface area contributed by atoms with Crippen LogP contribution in [0.15, 0.2) is 114 Å². The Hall–Kier alpha value is -7.99. The highest BCUT2D eigenvalue weighted by atomic mass is 32.2. The molecule has 2 aliphatic heterocycles. The normalized spacial score (nSPS) is 16.0. The standard InChI is InChI=1S/C51H60N12O10S2/c1-48(2,3)71-44(68)50(7,8)73-59-35(38-57-45(52)75-60-38)40(64)56-36-41(65)63-37(43(66)67)30(29-74-42(36)63)27-62-28-34(55-46(69)53-25-26-54-47(70)72-49(4,5)6)39(61(62)9)58-51(31-19-13-10-14-20-31,32-21-15-11-16-22-32)33-23-17-12-18-24-33/h10-24,28,36,42H,25-27,29H2,1-9H3,(H7,52,53,54,55,56,57,60,64,66,67,69,70)/p+1/b59-35-/t36-,42-/m1/s1. The summed E-state index contributed by atoms with van der Waals surface area (Å²) in [6.07, 6.45) is 1.02. The quantitative estimate of drug-likeness (QED) is 0.0115. The highest BCUT2D eigenvalue weighted by Gasteiger charge is 2.55. The molecule has 7 rings (SSSR count). The number of rotatable bonds is 18. The number of carbonyl (C=O) groups is 6.